The van der Waals surface area contributed by atoms with Crippen molar-refractivity contribution < 1.29 is 9.59 Å². The van der Waals surface area contributed by atoms with Gasteiger partial charge >= 0.3 is 0 Å². The van der Waals surface area contributed by atoms with Crippen molar-refractivity contribution in [3.8, 4) is 0 Å². The molecule has 0 N–H and O–H groups in total. The number of fused-ring (bicyclic) bond motifs is 1. The van der Waals surface area contributed by atoms with Gasteiger partial charge in [-0.25, -0.2) is 0 Å². The Morgan fingerprint density at radius 2 is 2.23 bits per heavy atom. The first kappa shape index (κ1) is 8.92. The molecule has 0 saturated heterocycles. The highest BCUT2D eigenvalue weighted by Gasteiger charge is 2.50. The van der Waals surface area contributed by atoms with E-state index in [1.807, 2.05) is 0 Å². The molecule has 2 atom stereocenters. The summed E-state index contributed by atoms with van der Waals surface area (Å²) in [6.45, 7) is 1.66. The smallest absolute Gasteiger partial charge is 0.136 e. The van der Waals surface area contributed by atoms with Crippen molar-refractivity contribution in [1.82, 2.24) is 0 Å². The number of carbonyl (C=O) groups excluding carboxylic acids is 2. The topological polar surface area (TPSA) is 34.1 Å². The Hall–Kier alpha value is -0.660. The van der Waals surface area contributed by atoms with E-state index in [1.165, 1.54) is 6.42 Å². The molecule has 2 aliphatic rings. The van der Waals surface area contributed by atoms with E-state index in [1.54, 1.807) is 6.92 Å². The summed E-state index contributed by atoms with van der Waals surface area (Å²) in [5.41, 5.74) is -0.227. The minimum Gasteiger partial charge on any atom is -0.300 e. The number of rotatable bonds is 1. The van der Waals surface area contributed by atoms with Crippen LogP contribution in [-0.4, -0.2) is 11.6 Å². The van der Waals surface area contributed by atoms with Crippen LogP contribution in [0.4, 0.5) is 0 Å². The molecule has 2 fully saturated rings. The predicted octanol–water partition coefficient (Wildman–Crippen LogP) is 2.11. The van der Waals surface area contributed by atoms with E-state index in [-0.39, 0.29) is 11.2 Å². The van der Waals surface area contributed by atoms with Crippen LogP contribution in [0.2, 0.25) is 0 Å². The lowest BCUT2D eigenvalue weighted by Crippen LogP contribution is -2.35. The van der Waals surface area contributed by atoms with E-state index in [2.05, 4.69) is 0 Å². The van der Waals surface area contributed by atoms with E-state index >= 15 is 0 Å². The maximum Gasteiger partial charge on any atom is 0.136 e. The molecule has 2 rings (SSSR count). The summed E-state index contributed by atoms with van der Waals surface area (Å²) in [6, 6.07) is 0. The number of hydrogen-bond donors (Lipinski definition) is 0. The van der Waals surface area contributed by atoms with Crippen molar-refractivity contribution in [1.29, 1.82) is 0 Å². The fourth-order valence-electron chi connectivity index (χ4n) is 3.13. The number of carbonyl (C=O) groups is 2. The highest BCUT2D eigenvalue weighted by molar-refractivity contribution is 5.93. The van der Waals surface area contributed by atoms with Gasteiger partial charge in [0, 0.05) is 18.3 Å². The molecule has 2 aliphatic carbocycles. The normalized spacial score (nSPS) is 38.8. The van der Waals surface area contributed by atoms with Crippen LogP contribution >= 0.6 is 0 Å². The predicted molar refractivity (Wildman–Crippen MR) is 49.3 cm³/mol. The minimum atomic E-state index is -0.227. The second-order valence-electron chi connectivity index (χ2n) is 4.57. The van der Waals surface area contributed by atoms with Crippen LogP contribution in [0, 0.1) is 11.3 Å². The lowest BCUT2D eigenvalue weighted by Gasteiger charge is -2.36. The lowest BCUT2D eigenvalue weighted by molar-refractivity contribution is -0.131. The molecule has 13 heavy (non-hydrogen) atoms. The van der Waals surface area contributed by atoms with Gasteiger partial charge in [0.05, 0.1) is 0 Å². The summed E-state index contributed by atoms with van der Waals surface area (Å²) >= 11 is 0. The van der Waals surface area contributed by atoms with Crippen molar-refractivity contribution in [3.63, 3.8) is 0 Å². The van der Waals surface area contributed by atoms with Gasteiger partial charge < -0.3 is 0 Å². The van der Waals surface area contributed by atoms with Crippen molar-refractivity contribution in [3.05, 3.63) is 0 Å². The molecule has 0 aliphatic heterocycles. The fraction of sp³-hybridized carbons (Fsp3) is 0.818. The Labute approximate surface area is 78.7 Å². The quantitative estimate of drug-likeness (QED) is 0.619. The minimum absolute atomic E-state index is 0.227. The fourth-order valence-corrected chi connectivity index (χ4v) is 3.13. The Bertz CT molecular complexity index is 257. The average Bonchev–Trinajstić information content (AvgIpc) is 2.41. The van der Waals surface area contributed by atoms with Gasteiger partial charge in [-0.3, -0.25) is 9.59 Å². The van der Waals surface area contributed by atoms with Gasteiger partial charge in [0.1, 0.15) is 11.6 Å². The SMILES string of the molecule is CC(=O)[C@]12CCCC[C@H]1CC(=O)C2. The molecule has 2 nitrogen and oxygen atoms in total. The maximum atomic E-state index is 11.6. The highest BCUT2D eigenvalue weighted by Crippen LogP contribution is 2.51. The molecule has 0 spiro atoms. The molecule has 0 aromatic heterocycles. The van der Waals surface area contributed by atoms with Crippen molar-refractivity contribution in [2.45, 2.75) is 45.4 Å². The molecule has 2 saturated carbocycles. The lowest BCUT2D eigenvalue weighted by atomic mass is 9.66. The van der Waals surface area contributed by atoms with Gasteiger partial charge in [-0.05, 0) is 25.7 Å². The molecule has 0 amide bonds. The zero-order valence-electron chi connectivity index (χ0n) is 8.14. The van der Waals surface area contributed by atoms with Crippen LogP contribution in [-0.2, 0) is 9.59 Å². The van der Waals surface area contributed by atoms with Crippen LogP contribution < -0.4 is 0 Å². The van der Waals surface area contributed by atoms with Crippen LogP contribution in [0.25, 0.3) is 0 Å². The van der Waals surface area contributed by atoms with Gasteiger partial charge in [0.25, 0.3) is 0 Å². The Kier molecular flexibility index (Phi) is 2.01. The molecule has 0 radical (unpaired) electrons. The summed E-state index contributed by atoms with van der Waals surface area (Å²) in [5.74, 6) is 0.941. The molecule has 0 bridgehead atoms. The third-order valence-corrected chi connectivity index (χ3v) is 3.89. The van der Waals surface area contributed by atoms with Crippen molar-refractivity contribution >= 4 is 11.6 Å². The summed E-state index contributed by atoms with van der Waals surface area (Å²) in [5, 5.41) is 0. The monoisotopic (exact) mass is 180 g/mol. The third-order valence-electron chi connectivity index (χ3n) is 3.89. The van der Waals surface area contributed by atoms with E-state index in [0.717, 1.165) is 19.3 Å². The molecule has 0 aromatic carbocycles. The second kappa shape index (κ2) is 2.93. The first-order valence-corrected chi connectivity index (χ1v) is 5.18. The average molecular weight is 180 g/mol. The number of ketones is 2. The van der Waals surface area contributed by atoms with E-state index in [4.69, 9.17) is 0 Å². The number of Topliss-reactive ketones (excluding diaryl/α,β-unsaturated/α-hetero) is 2. The summed E-state index contributed by atoms with van der Waals surface area (Å²) in [7, 11) is 0. The molecular formula is C11H16O2. The van der Waals surface area contributed by atoms with Gasteiger partial charge in [0.15, 0.2) is 0 Å². The van der Waals surface area contributed by atoms with Gasteiger partial charge in [0.2, 0.25) is 0 Å². The summed E-state index contributed by atoms with van der Waals surface area (Å²) in [4.78, 5) is 23.0. The van der Waals surface area contributed by atoms with Gasteiger partial charge in [-0.15, -0.1) is 0 Å². The van der Waals surface area contributed by atoms with Crippen molar-refractivity contribution in [2.75, 3.05) is 0 Å². The van der Waals surface area contributed by atoms with Crippen LogP contribution in [0.5, 0.6) is 0 Å². The third kappa shape index (κ3) is 1.23. The zero-order chi connectivity index (χ0) is 9.47. The zero-order valence-corrected chi connectivity index (χ0v) is 8.14. The van der Waals surface area contributed by atoms with Crippen LogP contribution in [0.1, 0.15) is 45.4 Å². The highest BCUT2D eigenvalue weighted by atomic mass is 16.1. The summed E-state index contributed by atoms with van der Waals surface area (Å²) < 4.78 is 0. The van der Waals surface area contributed by atoms with Crippen LogP contribution in [0.3, 0.4) is 0 Å². The van der Waals surface area contributed by atoms with Gasteiger partial charge in [-0.1, -0.05) is 12.8 Å². The van der Waals surface area contributed by atoms with Crippen molar-refractivity contribution in [2.24, 2.45) is 11.3 Å². The standard InChI is InChI=1S/C11H16O2/c1-8(12)11-5-3-2-4-9(11)6-10(13)7-11/h9H,2-7H2,1H3/t9-,11+/m0/s1. The molecule has 72 valence electrons. The Balaban J connectivity index is 2.29. The Morgan fingerprint density at radius 1 is 1.46 bits per heavy atom. The number of hydrogen-bond acceptors (Lipinski definition) is 2. The molecule has 0 aromatic rings. The van der Waals surface area contributed by atoms with E-state index in [9.17, 15) is 9.59 Å². The van der Waals surface area contributed by atoms with Crippen LogP contribution in [0.15, 0.2) is 0 Å². The molecule has 2 heteroatoms. The Morgan fingerprint density at radius 3 is 2.85 bits per heavy atom. The van der Waals surface area contributed by atoms with E-state index < -0.39 is 0 Å². The van der Waals surface area contributed by atoms with E-state index in [0.29, 0.717) is 24.5 Å². The molecular weight excluding hydrogens is 164 g/mol. The first-order valence-electron chi connectivity index (χ1n) is 5.18. The van der Waals surface area contributed by atoms with Gasteiger partial charge in [-0.2, -0.15) is 0 Å². The first-order chi connectivity index (χ1) is 6.15. The summed E-state index contributed by atoms with van der Waals surface area (Å²) in [6.07, 6.45) is 5.58. The second-order valence-corrected chi connectivity index (χ2v) is 4.57. The molecule has 0 unspecified atom stereocenters. The largest absolute Gasteiger partial charge is 0.300 e. The molecule has 0 heterocycles. The maximum absolute atomic E-state index is 11.6.